The molecule has 1 aliphatic carbocycles. The van der Waals surface area contributed by atoms with Gasteiger partial charge in [0, 0.05) is 22.5 Å². The number of allylic oxidation sites excluding steroid dienone is 1. The zero-order valence-electron chi connectivity index (χ0n) is 17.7. The number of rotatable bonds is 6. The summed E-state index contributed by atoms with van der Waals surface area (Å²) in [7, 11) is -4.42. The highest BCUT2D eigenvalue weighted by Gasteiger charge is 2.22. The third-order valence-corrected chi connectivity index (χ3v) is 7.31. The molecule has 0 atom stereocenters. The number of nitrogens with zero attached hydrogens (tertiary/aromatic N) is 2. The van der Waals surface area contributed by atoms with E-state index in [4.69, 9.17) is 23.2 Å². The van der Waals surface area contributed by atoms with Crippen molar-refractivity contribution in [2.24, 2.45) is 0 Å². The van der Waals surface area contributed by atoms with E-state index < -0.39 is 32.5 Å². The van der Waals surface area contributed by atoms with E-state index in [1.807, 2.05) is 10.8 Å². The Morgan fingerprint density at radius 3 is 2.56 bits per heavy atom. The third-order valence-electron chi connectivity index (χ3n) is 5.38. The average molecular weight is 526 g/mol. The second kappa shape index (κ2) is 9.85. The van der Waals surface area contributed by atoms with Crippen LogP contribution in [0.3, 0.4) is 0 Å². The Kier molecular flexibility index (Phi) is 7.06. The second-order valence-corrected chi connectivity index (χ2v) is 10.4. The zero-order chi connectivity index (χ0) is 24.5. The maximum atomic E-state index is 13.4. The molecule has 0 aliphatic heterocycles. The van der Waals surface area contributed by atoms with E-state index in [1.165, 1.54) is 0 Å². The lowest BCUT2D eigenvalue weighted by atomic mass is 9.92. The number of aryl methyl sites for hydroxylation is 1. The molecular weight excluding hydrogens is 507 g/mol. The minimum atomic E-state index is -4.42. The molecule has 0 radical (unpaired) electrons. The maximum absolute atomic E-state index is 13.4. The van der Waals surface area contributed by atoms with Crippen LogP contribution in [0.4, 0.5) is 8.78 Å². The molecule has 0 spiro atoms. The van der Waals surface area contributed by atoms with Crippen LogP contribution < -0.4 is 4.72 Å². The van der Waals surface area contributed by atoms with Crippen molar-refractivity contribution in [2.45, 2.75) is 37.1 Å². The van der Waals surface area contributed by atoms with Crippen molar-refractivity contribution in [1.82, 2.24) is 14.5 Å². The van der Waals surface area contributed by atoms with Gasteiger partial charge in [-0.2, -0.15) is 5.10 Å². The fourth-order valence-electron chi connectivity index (χ4n) is 3.85. The molecule has 0 saturated heterocycles. The minimum Gasteiger partial charge on any atom is -0.274 e. The van der Waals surface area contributed by atoms with Gasteiger partial charge >= 0.3 is 0 Å². The standard InChI is InChI=1S/C23H19Cl2F2N3O3S/c24-17-6-4-16(21(25)8-17)13-30-23-14(2-1-3-15(23)12-28-30)5-7-22(31)29-34(32,33)20-10-18(26)9-19(27)11-20/h4-6,8-12H,1-3,7,13H2,(H,29,31)/b14-5+. The number of hydrogen-bond donors (Lipinski definition) is 1. The molecule has 0 fully saturated rings. The molecule has 1 heterocycles. The van der Waals surface area contributed by atoms with Crippen LogP contribution in [-0.2, 0) is 27.8 Å². The van der Waals surface area contributed by atoms with Crippen LogP contribution in [-0.4, -0.2) is 24.1 Å². The molecule has 11 heteroatoms. The average Bonchev–Trinajstić information content (AvgIpc) is 3.17. The monoisotopic (exact) mass is 525 g/mol. The molecule has 0 bridgehead atoms. The Morgan fingerprint density at radius 1 is 1.12 bits per heavy atom. The predicted molar refractivity (Wildman–Crippen MR) is 125 cm³/mol. The van der Waals surface area contributed by atoms with Crippen molar-refractivity contribution in [1.29, 1.82) is 0 Å². The van der Waals surface area contributed by atoms with Gasteiger partial charge in [0.25, 0.3) is 10.0 Å². The minimum absolute atomic E-state index is 0.237. The van der Waals surface area contributed by atoms with E-state index in [9.17, 15) is 22.0 Å². The summed E-state index contributed by atoms with van der Waals surface area (Å²) in [6.45, 7) is 0.397. The Hall–Kier alpha value is -2.75. The molecule has 0 unspecified atom stereocenters. The molecule has 6 nitrogen and oxygen atoms in total. The quantitative estimate of drug-likeness (QED) is 0.483. The molecule has 0 saturated carbocycles. The second-order valence-electron chi connectivity index (χ2n) is 7.83. The van der Waals surface area contributed by atoms with E-state index >= 15 is 0 Å². The summed E-state index contributed by atoms with van der Waals surface area (Å²) < 4.78 is 55.1. The Bertz CT molecular complexity index is 1380. The number of halogens is 4. The summed E-state index contributed by atoms with van der Waals surface area (Å²) in [6, 6.07) is 7.05. The van der Waals surface area contributed by atoms with Crippen LogP contribution in [0.25, 0.3) is 5.57 Å². The van der Waals surface area contributed by atoms with Gasteiger partial charge in [-0.15, -0.1) is 0 Å². The Balaban J connectivity index is 1.53. The lowest BCUT2D eigenvalue weighted by Gasteiger charge is -2.18. The molecule has 3 aromatic rings. The van der Waals surface area contributed by atoms with Gasteiger partial charge in [0.15, 0.2) is 0 Å². The van der Waals surface area contributed by atoms with E-state index in [2.05, 4.69) is 5.10 Å². The van der Waals surface area contributed by atoms with E-state index in [1.54, 1.807) is 29.1 Å². The first-order valence-corrected chi connectivity index (χ1v) is 12.6. The number of nitrogens with one attached hydrogen (secondary N) is 1. The number of fused-ring (bicyclic) bond motifs is 1. The zero-order valence-corrected chi connectivity index (χ0v) is 20.0. The predicted octanol–water partition coefficient (Wildman–Crippen LogP) is 5.13. The maximum Gasteiger partial charge on any atom is 0.264 e. The molecule has 1 N–H and O–H groups in total. The van der Waals surface area contributed by atoms with Gasteiger partial charge in [0.05, 0.1) is 23.3 Å². The topological polar surface area (TPSA) is 81.1 Å². The number of sulfonamides is 1. The van der Waals surface area contributed by atoms with Gasteiger partial charge in [0.2, 0.25) is 5.91 Å². The van der Waals surface area contributed by atoms with Gasteiger partial charge in [-0.25, -0.2) is 21.9 Å². The van der Waals surface area contributed by atoms with Crippen LogP contribution in [0, 0.1) is 11.6 Å². The fraction of sp³-hybridized carbons (Fsp3) is 0.217. The van der Waals surface area contributed by atoms with Gasteiger partial charge in [-0.3, -0.25) is 9.48 Å². The van der Waals surface area contributed by atoms with E-state index in [0.717, 1.165) is 35.2 Å². The Labute approximate surface area is 205 Å². The van der Waals surface area contributed by atoms with E-state index in [-0.39, 0.29) is 6.42 Å². The van der Waals surface area contributed by atoms with Gasteiger partial charge in [0.1, 0.15) is 11.6 Å². The molecule has 178 valence electrons. The first kappa shape index (κ1) is 24.4. The third kappa shape index (κ3) is 5.48. The number of carbonyl (C=O) groups is 1. The van der Waals surface area contributed by atoms with Crippen molar-refractivity contribution in [3.05, 3.63) is 87.2 Å². The number of hydrogen-bond acceptors (Lipinski definition) is 4. The summed E-state index contributed by atoms with van der Waals surface area (Å²) in [6.07, 6.45) is 5.55. The molecular formula is C23H19Cl2F2N3O3S. The lowest BCUT2D eigenvalue weighted by Crippen LogP contribution is -2.30. The van der Waals surface area contributed by atoms with Crippen molar-refractivity contribution >= 4 is 44.7 Å². The first-order valence-electron chi connectivity index (χ1n) is 10.3. The van der Waals surface area contributed by atoms with E-state index in [0.29, 0.717) is 41.2 Å². The van der Waals surface area contributed by atoms with Gasteiger partial charge in [-0.1, -0.05) is 35.3 Å². The molecule has 1 amide bonds. The van der Waals surface area contributed by atoms with Crippen LogP contribution in [0.1, 0.15) is 36.1 Å². The van der Waals surface area contributed by atoms with Crippen molar-refractivity contribution < 1.29 is 22.0 Å². The van der Waals surface area contributed by atoms with Crippen LogP contribution in [0.2, 0.25) is 10.0 Å². The number of aromatic nitrogens is 2. The van der Waals surface area contributed by atoms with Gasteiger partial charge < -0.3 is 0 Å². The van der Waals surface area contributed by atoms with Crippen molar-refractivity contribution in [2.75, 3.05) is 0 Å². The van der Waals surface area contributed by atoms with Gasteiger partial charge in [-0.05, 0) is 60.2 Å². The molecule has 1 aliphatic rings. The summed E-state index contributed by atoms with van der Waals surface area (Å²) >= 11 is 12.3. The number of carbonyl (C=O) groups excluding carboxylic acids is 1. The molecule has 2 aromatic carbocycles. The fourth-order valence-corrected chi connectivity index (χ4v) is 5.35. The number of amides is 1. The summed E-state index contributed by atoms with van der Waals surface area (Å²) in [5, 5.41) is 5.50. The summed E-state index contributed by atoms with van der Waals surface area (Å²) in [5.41, 5.74) is 3.56. The first-order chi connectivity index (χ1) is 16.1. The molecule has 1 aromatic heterocycles. The number of benzene rings is 2. The highest BCUT2D eigenvalue weighted by molar-refractivity contribution is 7.90. The van der Waals surface area contributed by atoms with Crippen LogP contribution >= 0.6 is 23.2 Å². The summed E-state index contributed by atoms with van der Waals surface area (Å²) in [5.74, 6) is -2.94. The SMILES string of the molecule is O=C(C/C=C1\CCCc2cnn(Cc3ccc(Cl)cc3Cl)c21)NS(=O)(=O)c1cc(F)cc(F)c1. The van der Waals surface area contributed by atoms with Crippen LogP contribution in [0.5, 0.6) is 0 Å². The van der Waals surface area contributed by atoms with Crippen LogP contribution in [0.15, 0.2) is 53.6 Å². The Morgan fingerprint density at radius 2 is 1.85 bits per heavy atom. The smallest absolute Gasteiger partial charge is 0.264 e. The normalized spacial score (nSPS) is 14.8. The lowest BCUT2D eigenvalue weighted by molar-refractivity contribution is -0.118. The largest absolute Gasteiger partial charge is 0.274 e. The summed E-state index contributed by atoms with van der Waals surface area (Å²) in [4.78, 5) is 11.7. The van der Waals surface area contributed by atoms with Crippen molar-refractivity contribution in [3.63, 3.8) is 0 Å². The molecule has 34 heavy (non-hydrogen) atoms. The highest BCUT2D eigenvalue weighted by Crippen LogP contribution is 2.32. The molecule has 4 rings (SSSR count). The highest BCUT2D eigenvalue weighted by atomic mass is 35.5. The van der Waals surface area contributed by atoms with Crippen molar-refractivity contribution in [3.8, 4) is 0 Å².